The number of fused-ring (bicyclic) bond motifs is 3. The van der Waals surface area contributed by atoms with Crippen LogP contribution >= 0.6 is 11.8 Å². The molecule has 0 bridgehead atoms. The zero-order chi connectivity index (χ0) is 23.4. The van der Waals surface area contributed by atoms with Crippen LogP contribution in [0.15, 0.2) is 48.5 Å². The third-order valence-electron chi connectivity index (χ3n) is 6.21. The fourth-order valence-electron chi connectivity index (χ4n) is 4.60. The molecule has 0 unspecified atom stereocenters. The van der Waals surface area contributed by atoms with E-state index in [1.54, 1.807) is 0 Å². The number of aliphatic carboxylic acids is 1. The van der Waals surface area contributed by atoms with Crippen LogP contribution in [0.25, 0.3) is 11.1 Å². The van der Waals surface area contributed by atoms with E-state index < -0.39 is 24.1 Å². The Kier molecular flexibility index (Phi) is 7.23. The van der Waals surface area contributed by atoms with Crippen LogP contribution in [0.4, 0.5) is 4.79 Å². The standard InChI is InChI=1S/C25H28N2O5S/c1-2-7-16(12-23(28)27-15-33-14-22(27)24(29)30)26-25(31)32-13-21-19-10-5-3-8-17(19)18-9-4-6-11-20(18)21/h3-6,8-11,16,21-22H,2,7,12-15H2,1H3,(H,26,31)(H,29,30)/t16-,22+/m1/s1. The highest BCUT2D eigenvalue weighted by atomic mass is 32.2. The minimum Gasteiger partial charge on any atom is -0.480 e. The molecule has 7 nitrogen and oxygen atoms in total. The molecule has 1 saturated heterocycles. The number of ether oxygens (including phenoxy) is 1. The zero-order valence-electron chi connectivity index (χ0n) is 18.5. The monoisotopic (exact) mass is 468 g/mol. The van der Waals surface area contributed by atoms with Gasteiger partial charge in [-0.2, -0.15) is 0 Å². The highest BCUT2D eigenvalue weighted by Crippen LogP contribution is 2.44. The summed E-state index contributed by atoms with van der Waals surface area (Å²) >= 11 is 1.42. The predicted octanol–water partition coefficient (Wildman–Crippen LogP) is 4.07. The molecular formula is C25H28N2O5S. The third kappa shape index (κ3) is 5.00. The largest absolute Gasteiger partial charge is 0.480 e. The Hall–Kier alpha value is -3.00. The molecule has 2 aliphatic rings. The first-order valence-corrected chi connectivity index (χ1v) is 12.4. The molecule has 8 heteroatoms. The van der Waals surface area contributed by atoms with Crippen LogP contribution < -0.4 is 5.32 Å². The van der Waals surface area contributed by atoms with Crippen molar-refractivity contribution >= 4 is 29.7 Å². The van der Waals surface area contributed by atoms with Crippen molar-refractivity contribution in [3.63, 3.8) is 0 Å². The Balaban J connectivity index is 1.37. The number of hydrogen-bond acceptors (Lipinski definition) is 5. The number of thioether (sulfide) groups is 1. The summed E-state index contributed by atoms with van der Waals surface area (Å²) in [6.45, 7) is 2.18. The average molecular weight is 469 g/mol. The minimum absolute atomic E-state index is 0.0349. The van der Waals surface area contributed by atoms with Gasteiger partial charge in [-0.3, -0.25) is 4.79 Å². The van der Waals surface area contributed by atoms with Crippen molar-refractivity contribution in [3.05, 3.63) is 59.7 Å². The van der Waals surface area contributed by atoms with E-state index in [4.69, 9.17) is 4.74 Å². The van der Waals surface area contributed by atoms with Crippen molar-refractivity contribution in [2.24, 2.45) is 0 Å². The van der Waals surface area contributed by atoms with Crippen molar-refractivity contribution in [3.8, 4) is 11.1 Å². The molecule has 0 saturated carbocycles. The van der Waals surface area contributed by atoms with E-state index >= 15 is 0 Å². The van der Waals surface area contributed by atoms with E-state index in [9.17, 15) is 19.5 Å². The molecule has 1 heterocycles. The number of carbonyl (C=O) groups excluding carboxylic acids is 2. The molecule has 2 atom stereocenters. The zero-order valence-corrected chi connectivity index (χ0v) is 19.3. The molecule has 174 valence electrons. The number of amides is 2. The lowest BCUT2D eigenvalue weighted by Gasteiger charge is -2.24. The van der Waals surface area contributed by atoms with E-state index in [1.165, 1.54) is 16.7 Å². The van der Waals surface area contributed by atoms with E-state index in [1.807, 2.05) is 31.2 Å². The van der Waals surface area contributed by atoms with Crippen LogP contribution in [0.1, 0.15) is 43.2 Å². The summed E-state index contributed by atoms with van der Waals surface area (Å²) in [5.74, 6) is -0.541. The molecule has 33 heavy (non-hydrogen) atoms. The number of carbonyl (C=O) groups is 3. The lowest BCUT2D eigenvalue weighted by Crippen LogP contribution is -2.45. The van der Waals surface area contributed by atoms with Gasteiger partial charge in [-0.25, -0.2) is 9.59 Å². The molecule has 2 amide bonds. The predicted molar refractivity (Wildman–Crippen MR) is 127 cm³/mol. The average Bonchev–Trinajstić information content (AvgIpc) is 3.42. The number of alkyl carbamates (subject to hydrolysis) is 1. The molecular weight excluding hydrogens is 440 g/mol. The maximum absolute atomic E-state index is 12.7. The molecule has 1 fully saturated rings. The van der Waals surface area contributed by atoms with Crippen molar-refractivity contribution in [2.75, 3.05) is 18.2 Å². The number of rotatable bonds is 8. The Bertz CT molecular complexity index is 997. The van der Waals surface area contributed by atoms with Gasteiger partial charge in [-0.1, -0.05) is 61.9 Å². The number of nitrogens with zero attached hydrogens (tertiary/aromatic N) is 1. The second-order valence-corrected chi connectivity index (χ2v) is 9.38. The van der Waals surface area contributed by atoms with Gasteiger partial charge in [-0.15, -0.1) is 11.8 Å². The maximum Gasteiger partial charge on any atom is 0.407 e. The second-order valence-electron chi connectivity index (χ2n) is 8.38. The SMILES string of the molecule is CCC[C@H](CC(=O)N1CSC[C@H]1C(=O)O)NC(=O)OCC1c2ccccc2-c2ccccc21. The van der Waals surface area contributed by atoms with E-state index in [0.29, 0.717) is 18.1 Å². The molecule has 2 aromatic carbocycles. The van der Waals surface area contributed by atoms with Gasteiger partial charge in [0.1, 0.15) is 12.6 Å². The molecule has 2 N–H and O–H groups in total. The molecule has 1 aliphatic heterocycles. The number of benzene rings is 2. The summed E-state index contributed by atoms with van der Waals surface area (Å²) in [6.07, 6.45) is 0.879. The summed E-state index contributed by atoms with van der Waals surface area (Å²) in [7, 11) is 0. The minimum atomic E-state index is -0.995. The summed E-state index contributed by atoms with van der Waals surface area (Å²) in [4.78, 5) is 38.1. The smallest absolute Gasteiger partial charge is 0.407 e. The first-order valence-electron chi connectivity index (χ1n) is 11.2. The van der Waals surface area contributed by atoms with Crippen molar-refractivity contribution in [1.82, 2.24) is 10.2 Å². The Morgan fingerprint density at radius 3 is 2.36 bits per heavy atom. The molecule has 0 aromatic heterocycles. The lowest BCUT2D eigenvalue weighted by molar-refractivity contribution is -0.148. The summed E-state index contributed by atoms with van der Waals surface area (Å²) in [5.41, 5.74) is 4.59. The number of hydrogen-bond donors (Lipinski definition) is 2. The highest BCUT2D eigenvalue weighted by molar-refractivity contribution is 7.99. The van der Waals surface area contributed by atoms with E-state index in [2.05, 4.69) is 29.6 Å². The second kappa shape index (κ2) is 10.3. The number of carboxylic acids is 1. The van der Waals surface area contributed by atoms with Crippen LogP contribution in [-0.2, 0) is 14.3 Å². The van der Waals surface area contributed by atoms with Crippen molar-refractivity contribution < 1.29 is 24.2 Å². The van der Waals surface area contributed by atoms with Crippen LogP contribution in [-0.4, -0.2) is 58.3 Å². The van der Waals surface area contributed by atoms with Crippen LogP contribution in [0.5, 0.6) is 0 Å². The Labute approximate surface area is 197 Å². The number of carboxylic acid groups (broad SMARTS) is 1. The van der Waals surface area contributed by atoms with Gasteiger partial charge < -0.3 is 20.1 Å². The summed E-state index contributed by atoms with van der Waals surface area (Å²) in [5, 5.41) is 12.2. The number of nitrogens with one attached hydrogen (secondary N) is 1. The van der Waals surface area contributed by atoms with Gasteiger partial charge in [0.25, 0.3) is 0 Å². The van der Waals surface area contributed by atoms with Gasteiger partial charge in [-0.05, 0) is 28.7 Å². The first kappa shape index (κ1) is 23.2. The van der Waals surface area contributed by atoms with Crippen molar-refractivity contribution in [1.29, 1.82) is 0 Å². The van der Waals surface area contributed by atoms with Gasteiger partial charge in [0.05, 0.1) is 5.88 Å². The van der Waals surface area contributed by atoms with Crippen LogP contribution in [0.3, 0.4) is 0 Å². The molecule has 0 radical (unpaired) electrons. The van der Waals surface area contributed by atoms with Crippen LogP contribution in [0, 0.1) is 0 Å². The normalized spacial score (nSPS) is 17.8. The fraction of sp³-hybridized carbons (Fsp3) is 0.400. The molecule has 1 aliphatic carbocycles. The Morgan fingerprint density at radius 2 is 1.76 bits per heavy atom. The summed E-state index contributed by atoms with van der Waals surface area (Å²) in [6, 6.07) is 15.1. The molecule has 2 aromatic rings. The molecule has 4 rings (SSSR count). The first-order chi connectivity index (χ1) is 16.0. The van der Waals surface area contributed by atoms with Gasteiger partial charge >= 0.3 is 12.1 Å². The van der Waals surface area contributed by atoms with E-state index in [-0.39, 0.29) is 24.9 Å². The fourth-order valence-corrected chi connectivity index (χ4v) is 5.77. The van der Waals surface area contributed by atoms with Gasteiger partial charge in [0, 0.05) is 24.1 Å². The maximum atomic E-state index is 12.7. The quantitative estimate of drug-likeness (QED) is 0.606. The summed E-state index contributed by atoms with van der Waals surface area (Å²) < 4.78 is 5.61. The topological polar surface area (TPSA) is 95.9 Å². The van der Waals surface area contributed by atoms with Crippen molar-refractivity contribution in [2.45, 2.75) is 44.2 Å². The molecule has 0 spiro atoms. The highest BCUT2D eigenvalue weighted by Gasteiger charge is 2.35. The lowest BCUT2D eigenvalue weighted by atomic mass is 9.98. The third-order valence-corrected chi connectivity index (χ3v) is 7.22. The van der Waals surface area contributed by atoms with Gasteiger partial charge in [0.15, 0.2) is 0 Å². The van der Waals surface area contributed by atoms with E-state index in [0.717, 1.165) is 28.7 Å². The Morgan fingerprint density at radius 1 is 1.12 bits per heavy atom. The van der Waals surface area contributed by atoms with Gasteiger partial charge in [0.2, 0.25) is 5.91 Å². The van der Waals surface area contributed by atoms with Crippen LogP contribution in [0.2, 0.25) is 0 Å².